The van der Waals surface area contributed by atoms with Gasteiger partial charge >= 0.3 is 0 Å². The molecule has 0 bridgehead atoms. The summed E-state index contributed by atoms with van der Waals surface area (Å²) in [6.45, 7) is 2.51. The van der Waals surface area contributed by atoms with E-state index in [0.29, 0.717) is 41.4 Å². The van der Waals surface area contributed by atoms with E-state index in [2.05, 4.69) is 17.1 Å². The minimum Gasteiger partial charge on any atom is -0.378 e. The summed E-state index contributed by atoms with van der Waals surface area (Å²) in [6, 6.07) is 23.3. The first-order valence-electron chi connectivity index (χ1n) is 13.4. The maximum atomic E-state index is 13.5. The van der Waals surface area contributed by atoms with Crippen molar-refractivity contribution in [2.75, 3.05) is 6.54 Å². The molecule has 0 spiro atoms. The number of aryl methyl sites for hydroxylation is 2. The smallest absolute Gasteiger partial charge is 0.256 e. The van der Waals surface area contributed by atoms with Crippen LogP contribution in [0.1, 0.15) is 59.1 Å². The molecular weight excluding hydrogens is 510 g/mol. The van der Waals surface area contributed by atoms with E-state index in [-0.39, 0.29) is 17.5 Å². The van der Waals surface area contributed by atoms with Gasteiger partial charge in [0.1, 0.15) is 5.82 Å². The number of carbonyl (C=O) groups excluding carboxylic acids is 1. The Bertz CT molecular complexity index is 1610. The average Bonchev–Trinajstić information content (AvgIpc) is 3.79. The Balaban J connectivity index is 1.25. The third kappa shape index (κ3) is 4.79. The van der Waals surface area contributed by atoms with Crippen LogP contribution >= 0.6 is 11.6 Å². The topological polar surface area (TPSA) is 86.3 Å². The molecule has 1 amide bonds. The van der Waals surface area contributed by atoms with Crippen molar-refractivity contribution in [2.24, 2.45) is 0 Å². The van der Waals surface area contributed by atoms with Crippen molar-refractivity contribution in [3.8, 4) is 11.1 Å². The Morgan fingerprint density at radius 1 is 1.05 bits per heavy atom. The quantitative estimate of drug-likeness (QED) is 0.351. The van der Waals surface area contributed by atoms with Crippen molar-refractivity contribution >= 4 is 17.5 Å². The van der Waals surface area contributed by atoms with Crippen LogP contribution in [0, 0.1) is 6.92 Å². The molecule has 7 heteroatoms. The van der Waals surface area contributed by atoms with Crippen LogP contribution in [0.3, 0.4) is 0 Å². The van der Waals surface area contributed by atoms with E-state index in [9.17, 15) is 14.7 Å². The van der Waals surface area contributed by atoms with Crippen LogP contribution in [0.4, 0.5) is 0 Å². The van der Waals surface area contributed by atoms with Crippen molar-refractivity contribution < 1.29 is 9.90 Å². The molecule has 1 atom stereocenters. The Kier molecular flexibility index (Phi) is 6.61. The highest BCUT2D eigenvalue weighted by Gasteiger charge is 2.48. The van der Waals surface area contributed by atoms with Gasteiger partial charge in [-0.3, -0.25) is 9.59 Å². The summed E-state index contributed by atoms with van der Waals surface area (Å²) in [5.41, 5.74) is 5.30. The minimum absolute atomic E-state index is 0.127. The fourth-order valence-corrected chi connectivity index (χ4v) is 5.73. The Hall–Kier alpha value is -3.74. The van der Waals surface area contributed by atoms with Gasteiger partial charge in [-0.2, -0.15) is 0 Å². The molecule has 1 fully saturated rings. The lowest BCUT2D eigenvalue weighted by Crippen LogP contribution is -2.36. The Labute approximate surface area is 232 Å². The Morgan fingerprint density at radius 2 is 1.82 bits per heavy atom. The zero-order chi connectivity index (χ0) is 27.1. The fourth-order valence-electron chi connectivity index (χ4n) is 5.61. The largest absolute Gasteiger partial charge is 0.378 e. The molecule has 6 nitrogen and oxygen atoms in total. The van der Waals surface area contributed by atoms with E-state index >= 15 is 0 Å². The number of aromatic amines is 1. The second kappa shape index (κ2) is 10.1. The molecule has 0 unspecified atom stereocenters. The van der Waals surface area contributed by atoms with Gasteiger partial charge in [-0.1, -0.05) is 66.2 Å². The van der Waals surface area contributed by atoms with Gasteiger partial charge in [0.05, 0.1) is 23.2 Å². The second-order valence-corrected chi connectivity index (χ2v) is 11.1. The van der Waals surface area contributed by atoms with Crippen LogP contribution in [0.25, 0.3) is 11.1 Å². The first-order chi connectivity index (χ1) is 18.9. The summed E-state index contributed by atoms with van der Waals surface area (Å²) in [6.07, 6.45) is 1.85. The zero-order valence-electron chi connectivity index (χ0n) is 21.8. The van der Waals surface area contributed by atoms with Crippen molar-refractivity contribution in [1.29, 1.82) is 0 Å². The summed E-state index contributed by atoms with van der Waals surface area (Å²) < 4.78 is 0. The molecule has 6 rings (SSSR count). The third-order valence-corrected chi connectivity index (χ3v) is 8.48. The monoisotopic (exact) mass is 539 g/mol. The van der Waals surface area contributed by atoms with E-state index in [0.717, 1.165) is 40.8 Å². The third-order valence-electron chi connectivity index (χ3n) is 8.06. The maximum absolute atomic E-state index is 13.5. The number of carbonyl (C=O) groups is 1. The van der Waals surface area contributed by atoms with Gasteiger partial charge in [-0.05, 0) is 78.6 Å². The van der Waals surface area contributed by atoms with Crippen molar-refractivity contribution in [3.63, 3.8) is 0 Å². The first kappa shape index (κ1) is 25.5. The number of amides is 1. The number of H-pyrrole nitrogens is 1. The van der Waals surface area contributed by atoms with Gasteiger partial charge in [0, 0.05) is 11.6 Å². The number of nitrogens with zero attached hydrogens (tertiary/aromatic N) is 2. The van der Waals surface area contributed by atoms with E-state index in [4.69, 9.17) is 16.6 Å². The molecule has 2 aliphatic rings. The number of aliphatic hydroxyl groups is 1. The zero-order valence-corrected chi connectivity index (χ0v) is 22.5. The molecule has 39 heavy (non-hydrogen) atoms. The average molecular weight is 540 g/mol. The molecule has 4 aromatic rings. The summed E-state index contributed by atoms with van der Waals surface area (Å²) in [7, 11) is 0. The molecule has 0 saturated heterocycles. The fraction of sp³-hybridized carbons (Fsp3) is 0.281. The standard InChI is InChI=1S/C32H30ClN3O3/c1-20-17-22(12-13-26(20)33)21-7-5-8-23(18-21)28(37)30(39)36-16-6-11-27-25(19-36)29(38)35-31(34-27)32(14-15-32)24-9-3-2-4-10-24/h2-5,7-10,12-13,17-18,28,37H,6,11,14-16,19H2,1H3,(H,34,35,38)/t28-/m1/s1. The summed E-state index contributed by atoms with van der Waals surface area (Å²) in [5.74, 6) is 0.297. The highest BCUT2D eigenvalue weighted by atomic mass is 35.5. The second-order valence-electron chi connectivity index (χ2n) is 10.6. The number of nitrogens with one attached hydrogen (secondary N) is 1. The molecule has 2 N–H and O–H groups in total. The maximum Gasteiger partial charge on any atom is 0.256 e. The highest BCUT2D eigenvalue weighted by Crippen LogP contribution is 2.52. The molecule has 3 aromatic carbocycles. The number of hydrogen-bond donors (Lipinski definition) is 2. The van der Waals surface area contributed by atoms with E-state index in [1.54, 1.807) is 11.0 Å². The molecule has 1 aliphatic heterocycles. The van der Waals surface area contributed by atoms with E-state index in [1.165, 1.54) is 0 Å². The predicted octanol–water partition coefficient (Wildman–Crippen LogP) is 5.49. The van der Waals surface area contributed by atoms with Crippen LogP contribution in [0.2, 0.25) is 5.02 Å². The highest BCUT2D eigenvalue weighted by molar-refractivity contribution is 6.31. The molecule has 0 radical (unpaired) electrons. The number of rotatable bonds is 5. The van der Waals surface area contributed by atoms with Gasteiger partial charge in [0.2, 0.25) is 0 Å². The van der Waals surface area contributed by atoms with E-state index in [1.807, 2.05) is 61.5 Å². The lowest BCUT2D eigenvalue weighted by Gasteiger charge is -2.24. The van der Waals surface area contributed by atoms with Crippen molar-refractivity contribution in [3.05, 3.63) is 122 Å². The number of fused-ring (bicyclic) bond motifs is 1. The number of aromatic nitrogens is 2. The van der Waals surface area contributed by atoms with Crippen molar-refractivity contribution in [2.45, 2.75) is 50.7 Å². The Morgan fingerprint density at radius 3 is 2.56 bits per heavy atom. The summed E-state index contributed by atoms with van der Waals surface area (Å²) >= 11 is 6.18. The number of aliphatic hydroxyl groups excluding tert-OH is 1. The van der Waals surface area contributed by atoms with Crippen LogP contribution < -0.4 is 5.56 Å². The van der Waals surface area contributed by atoms with Gasteiger partial charge in [-0.15, -0.1) is 0 Å². The normalized spacial score (nSPS) is 16.7. The molecule has 198 valence electrons. The van der Waals surface area contributed by atoms with Crippen LogP contribution in [0.15, 0.2) is 77.6 Å². The first-order valence-corrected chi connectivity index (χ1v) is 13.7. The van der Waals surface area contributed by atoms with Crippen LogP contribution in [-0.4, -0.2) is 32.4 Å². The molecular formula is C32H30ClN3O3. The number of hydrogen-bond acceptors (Lipinski definition) is 4. The lowest BCUT2D eigenvalue weighted by molar-refractivity contribution is -0.141. The van der Waals surface area contributed by atoms with Crippen molar-refractivity contribution in [1.82, 2.24) is 14.9 Å². The summed E-state index contributed by atoms with van der Waals surface area (Å²) in [4.78, 5) is 36.3. The van der Waals surface area contributed by atoms with Gasteiger partial charge < -0.3 is 15.0 Å². The summed E-state index contributed by atoms with van der Waals surface area (Å²) in [5, 5.41) is 11.8. The predicted molar refractivity (Wildman–Crippen MR) is 152 cm³/mol. The number of halogens is 1. The molecule has 2 heterocycles. The SMILES string of the molecule is Cc1cc(-c2cccc([C@@H](O)C(=O)N3CCCc4nc(C5(c6ccccc6)CC5)[nH]c(=O)c4C3)c2)ccc1Cl. The lowest BCUT2D eigenvalue weighted by atomic mass is 9.94. The van der Waals surface area contributed by atoms with Crippen LogP contribution in [-0.2, 0) is 23.2 Å². The minimum atomic E-state index is -1.33. The van der Waals surface area contributed by atoms with Gasteiger partial charge in [-0.25, -0.2) is 4.98 Å². The van der Waals surface area contributed by atoms with Gasteiger partial charge in [0.25, 0.3) is 11.5 Å². The van der Waals surface area contributed by atoms with E-state index < -0.39 is 12.0 Å². The van der Waals surface area contributed by atoms with Gasteiger partial charge in [0.15, 0.2) is 6.10 Å². The molecule has 1 saturated carbocycles. The van der Waals surface area contributed by atoms with Crippen LogP contribution in [0.5, 0.6) is 0 Å². The molecule has 1 aliphatic carbocycles. The number of benzene rings is 3. The molecule has 1 aromatic heterocycles.